The number of nitrogens with zero attached hydrogens (tertiary/aromatic N) is 3. The van der Waals surface area contributed by atoms with Gasteiger partial charge in [0.2, 0.25) is 0 Å². The second kappa shape index (κ2) is 6.74. The van der Waals surface area contributed by atoms with Gasteiger partial charge in [-0.15, -0.1) is 0 Å². The average molecular weight is 329 g/mol. The quantitative estimate of drug-likeness (QED) is 0.929. The van der Waals surface area contributed by atoms with Crippen LogP contribution in [-0.4, -0.2) is 44.4 Å². The number of aromatic nitrogens is 2. The van der Waals surface area contributed by atoms with E-state index in [0.717, 1.165) is 24.6 Å². The zero-order chi connectivity index (χ0) is 17.1. The monoisotopic (exact) mass is 329 g/mol. The summed E-state index contributed by atoms with van der Waals surface area (Å²) in [5, 5.41) is 8.83. The van der Waals surface area contributed by atoms with Crippen molar-refractivity contribution in [3.8, 4) is 0 Å². The van der Waals surface area contributed by atoms with Gasteiger partial charge < -0.3 is 10.0 Å². The highest BCUT2D eigenvalue weighted by Gasteiger charge is 2.30. The van der Waals surface area contributed by atoms with Gasteiger partial charge in [-0.3, -0.25) is 4.79 Å². The summed E-state index contributed by atoms with van der Waals surface area (Å²) in [5.74, 6) is -1.76. The van der Waals surface area contributed by atoms with Gasteiger partial charge in [-0.1, -0.05) is 12.1 Å². The van der Waals surface area contributed by atoms with Gasteiger partial charge in [0.05, 0.1) is 12.4 Å². The normalized spacial score (nSPS) is 17.0. The molecule has 1 aliphatic rings. The molecule has 0 saturated carbocycles. The molecule has 1 amide bonds. The molecular weight excluding hydrogens is 313 g/mol. The zero-order valence-corrected chi connectivity index (χ0v) is 12.9. The van der Waals surface area contributed by atoms with E-state index in [1.165, 1.54) is 18.3 Å². The second-order valence-electron chi connectivity index (χ2n) is 5.72. The highest BCUT2D eigenvalue weighted by molar-refractivity contribution is 5.93. The molecule has 1 aromatic heterocycles. The first-order valence-corrected chi connectivity index (χ1v) is 7.65. The molecule has 1 unspecified atom stereocenters. The van der Waals surface area contributed by atoms with Crippen LogP contribution >= 0.6 is 0 Å². The van der Waals surface area contributed by atoms with Crippen LogP contribution in [0.25, 0.3) is 0 Å². The lowest BCUT2D eigenvalue weighted by atomic mass is 10.0. The molecule has 0 spiro atoms. The maximum absolute atomic E-state index is 13.3. The third-order valence-corrected chi connectivity index (χ3v) is 4.09. The highest BCUT2D eigenvalue weighted by Crippen LogP contribution is 2.23. The fourth-order valence-corrected chi connectivity index (χ4v) is 2.95. The first kappa shape index (κ1) is 16.0. The van der Waals surface area contributed by atoms with Crippen LogP contribution in [-0.2, 0) is 6.42 Å². The molecule has 0 radical (unpaired) electrons. The van der Waals surface area contributed by atoms with Gasteiger partial charge in [-0.2, -0.15) is 0 Å². The van der Waals surface area contributed by atoms with Crippen molar-refractivity contribution in [2.45, 2.75) is 25.3 Å². The first-order valence-electron chi connectivity index (χ1n) is 7.65. The molecule has 2 heterocycles. The Hall–Kier alpha value is -2.83. The van der Waals surface area contributed by atoms with Gasteiger partial charge in [-0.25, -0.2) is 19.2 Å². The number of amides is 1. The van der Waals surface area contributed by atoms with Crippen molar-refractivity contribution in [1.29, 1.82) is 0 Å². The number of carboxylic acid groups (broad SMARTS) is 1. The Balaban J connectivity index is 1.74. The number of carbonyl (C=O) groups excluding carboxylic acids is 1. The van der Waals surface area contributed by atoms with Crippen LogP contribution in [0, 0.1) is 5.82 Å². The zero-order valence-electron chi connectivity index (χ0n) is 12.9. The Morgan fingerprint density at radius 2 is 2.00 bits per heavy atom. The number of rotatable bonds is 4. The number of carbonyl (C=O) groups is 2. The largest absolute Gasteiger partial charge is 0.476 e. The Morgan fingerprint density at radius 1 is 1.25 bits per heavy atom. The van der Waals surface area contributed by atoms with Crippen molar-refractivity contribution in [3.63, 3.8) is 0 Å². The second-order valence-corrected chi connectivity index (χ2v) is 5.72. The van der Waals surface area contributed by atoms with E-state index in [4.69, 9.17) is 5.11 Å². The fourth-order valence-electron chi connectivity index (χ4n) is 2.95. The minimum Gasteiger partial charge on any atom is -0.476 e. The maximum atomic E-state index is 13.3. The predicted octanol–water partition coefficient (Wildman–Crippen LogP) is 2.16. The van der Waals surface area contributed by atoms with E-state index in [1.807, 2.05) is 6.07 Å². The van der Waals surface area contributed by atoms with Gasteiger partial charge in [0, 0.05) is 12.6 Å². The van der Waals surface area contributed by atoms with Crippen molar-refractivity contribution in [3.05, 3.63) is 59.4 Å². The lowest BCUT2D eigenvalue weighted by Gasteiger charge is -2.24. The van der Waals surface area contributed by atoms with Crippen molar-refractivity contribution < 1.29 is 19.1 Å². The summed E-state index contributed by atoms with van der Waals surface area (Å²) in [6.45, 7) is 0.598. The van der Waals surface area contributed by atoms with Crippen molar-refractivity contribution in [1.82, 2.24) is 14.9 Å². The Morgan fingerprint density at radius 3 is 2.67 bits per heavy atom. The molecule has 6 nitrogen and oxygen atoms in total. The average Bonchev–Trinajstić information content (AvgIpc) is 3.02. The Bertz CT molecular complexity index is 764. The van der Waals surface area contributed by atoms with Gasteiger partial charge in [0.25, 0.3) is 5.91 Å². The summed E-state index contributed by atoms with van der Waals surface area (Å²) in [6, 6.07) is 6.33. The Kier molecular flexibility index (Phi) is 4.50. The van der Waals surface area contributed by atoms with E-state index in [9.17, 15) is 14.0 Å². The lowest BCUT2D eigenvalue weighted by Crippen LogP contribution is -2.37. The van der Waals surface area contributed by atoms with Crippen LogP contribution in [0.2, 0.25) is 0 Å². The van der Waals surface area contributed by atoms with E-state index in [2.05, 4.69) is 9.97 Å². The molecule has 0 bridgehead atoms. The molecule has 1 atom stereocenters. The van der Waals surface area contributed by atoms with E-state index >= 15 is 0 Å². The molecule has 124 valence electrons. The summed E-state index contributed by atoms with van der Waals surface area (Å²) in [6.07, 6.45) is 4.54. The molecular formula is C17H16FN3O3. The number of hydrogen-bond donors (Lipinski definition) is 1. The topological polar surface area (TPSA) is 83.4 Å². The molecule has 1 aromatic carbocycles. The molecule has 7 heteroatoms. The number of aromatic carboxylic acids is 1. The van der Waals surface area contributed by atoms with E-state index in [1.54, 1.807) is 11.0 Å². The molecule has 0 aliphatic carbocycles. The predicted molar refractivity (Wildman–Crippen MR) is 83.2 cm³/mol. The molecule has 1 N–H and O–H groups in total. The minimum atomic E-state index is -1.19. The number of halogens is 1. The van der Waals surface area contributed by atoms with E-state index < -0.39 is 5.97 Å². The maximum Gasteiger partial charge on any atom is 0.356 e. The van der Waals surface area contributed by atoms with Gasteiger partial charge >= 0.3 is 5.97 Å². The molecule has 3 rings (SSSR count). The SMILES string of the molecule is O=C(O)c1cnc(C(=O)N2CCCC2Cc2cccc(F)c2)cn1. The van der Waals surface area contributed by atoms with Gasteiger partial charge in [0.15, 0.2) is 5.69 Å². The number of carboxylic acids is 1. The molecule has 24 heavy (non-hydrogen) atoms. The lowest BCUT2D eigenvalue weighted by molar-refractivity contribution is 0.0683. The number of likely N-dealkylation sites (tertiary alicyclic amines) is 1. The molecule has 1 fully saturated rings. The number of benzene rings is 1. The van der Waals surface area contributed by atoms with Crippen LogP contribution in [0.15, 0.2) is 36.7 Å². The fraction of sp³-hybridized carbons (Fsp3) is 0.294. The van der Waals surface area contributed by atoms with E-state index in [0.29, 0.717) is 13.0 Å². The highest BCUT2D eigenvalue weighted by atomic mass is 19.1. The summed E-state index contributed by atoms with van der Waals surface area (Å²) in [7, 11) is 0. The van der Waals surface area contributed by atoms with Crippen LogP contribution in [0.5, 0.6) is 0 Å². The van der Waals surface area contributed by atoms with E-state index in [-0.39, 0.29) is 29.2 Å². The summed E-state index contributed by atoms with van der Waals surface area (Å²) >= 11 is 0. The standard InChI is InChI=1S/C17H16FN3O3/c18-12-4-1-3-11(7-12)8-13-5-2-6-21(13)16(22)14-9-20-15(10-19-14)17(23)24/h1,3-4,7,9-10,13H,2,5-6,8H2,(H,23,24). The third kappa shape index (κ3) is 3.40. The third-order valence-electron chi connectivity index (χ3n) is 4.09. The van der Waals surface area contributed by atoms with Crippen molar-refractivity contribution >= 4 is 11.9 Å². The minimum absolute atomic E-state index is 0.0275. The first-order chi connectivity index (χ1) is 11.5. The molecule has 1 aliphatic heterocycles. The summed E-state index contributed by atoms with van der Waals surface area (Å²) in [5.41, 5.74) is 0.752. The van der Waals surface area contributed by atoms with Crippen LogP contribution in [0.3, 0.4) is 0 Å². The van der Waals surface area contributed by atoms with Crippen LogP contribution in [0.4, 0.5) is 4.39 Å². The van der Waals surface area contributed by atoms with Gasteiger partial charge in [-0.05, 0) is 37.0 Å². The van der Waals surface area contributed by atoms with Gasteiger partial charge in [0.1, 0.15) is 11.5 Å². The molecule has 1 saturated heterocycles. The van der Waals surface area contributed by atoms with Crippen molar-refractivity contribution in [2.75, 3.05) is 6.54 Å². The van der Waals surface area contributed by atoms with Crippen LogP contribution < -0.4 is 0 Å². The number of hydrogen-bond acceptors (Lipinski definition) is 4. The Labute approximate surface area is 138 Å². The van der Waals surface area contributed by atoms with Crippen molar-refractivity contribution in [2.24, 2.45) is 0 Å². The van der Waals surface area contributed by atoms with Crippen LogP contribution in [0.1, 0.15) is 39.4 Å². The summed E-state index contributed by atoms with van der Waals surface area (Å²) in [4.78, 5) is 32.7. The smallest absolute Gasteiger partial charge is 0.356 e. The summed E-state index contributed by atoms with van der Waals surface area (Å²) < 4.78 is 13.3. The molecule has 2 aromatic rings.